The normalized spacial score (nSPS) is 27.4. The molecule has 1 aliphatic rings. The van der Waals surface area contributed by atoms with Crippen molar-refractivity contribution in [3.63, 3.8) is 0 Å². The van der Waals surface area contributed by atoms with Crippen LogP contribution in [0.5, 0.6) is 0 Å². The van der Waals surface area contributed by atoms with Gasteiger partial charge in [0.05, 0.1) is 18.2 Å². The first-order valence-electron chi connectivity index (χ1n) is 4.64. The lowest BCUT2D eigenvalue weighted by atomic mass is 10.1. The van der Waals surface area contributed by atoms with Crippen LogP contribution in [-0.2, 0) is 11.3 Å². The third-order valence-corrected chi connectivity index (χ3v) is 3.86. The Hall–Kier alpha value is -0.670. The Balaban J connectivity index is 1.89. The van der Waals surface area contributed by atoms with E-state index >= 15 is 0 Å². The molecule has 1 atom stereocenters. The highest BCUT2D eigenvalue weighted by Crippen LogP contribution is 2.63. The average Bonchev–Trinajstić information content (AvgIpc) is 2.57. The van der Waals surface area contributed by atoms with Crippen LogP contribution in [0.15, 0.2) is 22.8 Å². The van der Waals surface area contributed by atoms with Gasteiger partial charge in [-0.05, 0) is 25.5 Å². The Morgan fingerprint density at radius 3 is 2.80 bits per heavy atom. The minimum Gasteiger partial charge on any atom is -0.467 e. The number of halogens is 2. The number of carbonyl (C=O) groups excluding carboxylic acids is 1. The lowest BCUT2D eigenvalue weighted by molar-refractivity contribution is -0.126. The highest BCUT2D eigenvalue weighted by atomic mass is 35.5. The Labute approximate surface area is 97.7 Å². The minimum atomic E-state index is -0.916. The molecule has 5 heteroatoms. The maximum Gasteiger partial charge on any atom is 0.229 e. The largest absolute Gasteiger partial charge is 0.467 e. The maximum atomic E-state index is 11.7. The number of carbonyl (C=O) groups is 1. The number of rotatable bonds is 3. The summed E-state index contributed by atoms with van der Waals surface area (Å²) in [5.74, 6) is 0.575. The fourth-order valence-electron chi connectivity index (χ4n) is 1.42. The Morgan fingerprint density at radius 2 is 2.33 bits per heavy atom. The molecule has 0 saturated heterocycles. The van der Waals surface area contributed by atoms with Crippen LogP contribution in [0, 0.1) is 5.41 Å². The SMILES string of the molecule is C[C@@]1(C(=O)NCc2ccco2)CC1(Cl)Cl. The van der Waals surface area contributed by atoms with E-state index in [4.69, 9.17) is 27.6 Å². The molecule has 1 N–H and O–H groups in total. The predicted molar refractivity (Wildman–Crippen MR) is 57.7 cm³/mol. The third-order valence-electron chi connectivity index (χ3n) is 2.76. The summed E-state index contributed by atoms with van der Waals surface area (Å²) < 4.78 is 4.17. The van der Waals surface area contributed by atoms with E-state index in [1.807, 2.05) is 0 Å². The molecule has 0 aliphatic heterocycles. The molecule has 1 aromatic heterocycles. The summed E-state index contributed by atoms with van der Waals surface area (Å²) in [7, 11) is 0. The van der Waals surface area contributed by atoms with Crippen LogP contribution < -0.4 is 5.32 Å². The zero-order valence-corrected chi connectivity index (χ0v) is 9.73. The van der Waals surface area contributed by atoms with Gasteiger partial charge in [0.15, 0.2) is 0 Å². The van der Waals surface area contributed by atoms with Crippen molar-refractivity contribution < 1.29 is 9.21 Å². The fourth-order valence-corrected chi connectivity index (χ4v) is 2.13. The molecule has 1 amide bonds. The van der Waals surface area contributed by atoms with Crippen molar-refractivity contribution in [2.24, 2.45) is 5.41 Å². The van der Waals surface area contributed by atoms with Crippen molar-refractivity contribution in [2.75, 3.05) is 0 Å². The van der Waals surface area contributed by atoms with Crippen molar-refractivity contribution in [1.29, 1.82) is 0 Å². The Bertz CT molecular complexity index is 375. The van der Waals surface area contributed by atoms with Crippen molar-refractivity contribution in [3.05, 3.63) is 24.2 Å². The van der Waals surface area contributed by atoms with Gasteiger partial charge in [0.25, 0.3) is 0 Å². The Kier molecular flexibility index (Phi) is 2.47. The van der Waals surface area contributed by atoms with Crippen LogP contribution >= 0.6 is 23.2 Å². The van der Waals surface area contributed by atoms with Crippen LogP contribution in [0.4, 0.5) is 0 Å². The van der Waals surface area contributed by atoms with Crippen LogP contribution in [0.3, 0.4) is 0 Å². The third kappa shape index (κ3) is 1.86. The zero-order chi connectivity index (χ0) is 11.1. The summed E-state index contributed by atoms with van der Waals surface area (Å²) in [6, 6.07) is 3.57. The van der Waals surface area contributed by atoms with E-state index in [9.17, 15) is 4.79 Å². The molecular formula is C10H11Cl2NO2. The summed E-state index contributed by atoms with van der Waals surface area (Å²) in [6.45, 7) is 2.12. The van der Waals surface area contributed by atoms with Crippen LogP contribution in [0.25, 0.3) is 0 Å². The molecule has 1 heterocycles. The standard InChI is InChI=1S/C10H11Cl2NO2/c1-9(6-10(9,11)12)8(14)13-5-7-3-2-4-15-7/h2-4H,5-6H2,1H3,(H,13,14)/t9-/m0/s1. The van der Waals surface area contributed by atoms with Gasteiger partial charge in [-0.15, -0.1) is 23.2 Å². The molecule has 0 radical (unpaired) electrons. The smallest absolute Gasteiger partial charge is 0.229 e. The Morgan fingerprint density at radius 1 is 1.67 bits per heavy atom. The summed E-state index contributed by atoms with van der Waals surface area (Å²) in [5, 5.41) is 2.74. The van der Waals surface area contributed by atoms with Gasteiger partial charge in [-0.1, -0.05) is 0 Å². The zero-order valence-electron chi connectivity index (χ0n) is 8.22. The van der Waals surface area contributed by atoms with E-state index in [0.717, 1.165) is 0 Å². The lowest BCUT2D eigenvalue weighted by Gasteiger charge is -2.11. The maximum absolute atomic E-state index is 11.7. The highest BCUT2D eigenvalue weighted by molar-refractivity contribution is 6.53. The summed E-state index contributed by atoms with van der Waals surface area (Å²) >= 11 is 11.8. The summed E-state index contributed by atoms with van der Waals surface area (Å²) in [5.41, 5.74) is -0.664. The molecule has 0 unspecified atom stereocenters. The van der Waals surface area contributed by atoms with E-state index < -0.39 is 9.75 Å². The quantitative estimate of drug-likeness (QED) is 0.835. The summed E-state index contributed by atoms with van der Waals surface area (Å²) in [4.78, 5) is 11.7. The molecule has 2 rings (SSSR count). The molecule has 0 spiro atoms. The molecule has 1 saturated carbocycles. The molecule has 15 heavy (non-hydrogen) atoms. The number of furan rings is 1. The van der Waals surface area contributed by atoms with Gasteiger partial charge >= 0.3 is 0 Å². The van der Waals surface area contributed by atoms with E-state index in [2.05, 4.69) is 5.32 Å². The van der Waals surface area contributed by atoms with Gasteiger partial charge in [0, 0.05) is 0 Å². The molecule has 3 nitrogen and oxygen atoms in total. The second-order valence-corrected chi connectivity index (χ2v) is 5.46. The topological polar surface area (TPSA) is 42.2 Å². The average molecular weight is 248 g/mol. The number of nitrogens with one attached hydrogen (secondary N) is 1. The van der Waals surface area contributed by atoms with Gasteiger partial charge in [-0.3, -0.25) is 4.79 Å². The van der Waals surface area contributed by atoms with Crippen LogP contribution in [-0.4, -0.2) is 10.2 Å². The fraction of sp³-hybridized carbons (Fsp3) is 0.500. The van der Waals surface area contributed by atoms with E-state index in [0.29, 0.717) is 18.7 Å². The second-order valence-electron chi connectivity index (χ2n) is 3.98. The van der Waals surface area contributed by atoms with E-state index in [1.165, 1.54) is 0 Å². The van der Waals surface area contributed by atoms with Gasteiger partial charge in [0.2, 0.25) is 5.91 Å². The monoisotopic (exact) mass is 247 g/mol. The summed E-state index contributed by atoms with van der Waals surface area (Å²) in [6.07, 6.45) is 2.06. The molecule has 0 bridgehead atoms. The lowest BCUT2D eigenvalue weighted by Crippen LogP contribution is -2.32. The number of amides is 1. The number of alkyl halides is 2. The first-order chi connectivity index (χ1) is 6.96. The van der Waals surface area contributed by atoms with Crippen molar-refractivity contribution in [3.8, 4) is 0 Å². The van der Waals surface area contributed by atoms with Crippen molar-refractivity contribution >= 4 is 29.1 Å². The van der Waals surface area contributed by atoms with Gasteiger partial charge < -0.3 is 9.73 Å². The number of hydrogen-bond acceptors (Lipinski definition) is 2. The van der Waals surface area contributed by atoms with Crippen LogP contribution in [0.1, 0.15) is 19.1 Å². The predicted octanol–water partition coefficient (Wildman–Crippen LogP) is 2.48. The van der Waals surface area contributed by atoms with Gasteiger partial charge in [-0.2, -0.15) is 0 Å². The molecule has 1 aromatic rings. The molecule has 1 fully saturated rings. The minimum absolute atomic E-state index is 0.135. The van der Waals surface area contributed by atoms with Crippen molar-refractivity contribution in [2.45, 2.75) is 24.2 Å². The van der Waals surface area contributed by atoms with E-state index in [-0.39, 0.29) is 5.91 Å². The van der Waals surface area contributed by atoms with E-state index in [1.54, 1.807) is 25.3 Å². The first kappa shape index (κ1) is 10.8. The highest BCUT2D eigenvalue weighted by Gasteiger charge is 2.67. The second kappa shape index (κ2) is 3.42. The molecule has 82 valence electrons. The molecule has 1 aliphatic carbocycles. The number of hydrogen-bond donors (Lipinski definition) is 1. The van der Waals surface area contributed by atoms with Crippen molar-refractivity contribution in [1.82, 2.24) is 5.32 Å². The molecular weight excluding hydrogens is 237 g/mol. The van der Waals surface area contributed by atoms with Gasteiger partial charge in [0.1, 0.15) is 10.1 Å². The van der Waals surface area contributed by atoms with Crippen LogP contribution in [0.2, 0.25) is 0 Å². The van der Waals surface area contributed by atoms with Gasteiger partial charge in [-0.25, -0.2) is 0 Å². The molecule has 0 aromatic carbocycles. The first-order valence-corrected chi connectivity index (χ1v) is 5.40.